The lowest BCUT2D eigenvalue weighted by atomic mass is 10.1. The number of unbranched alkanes of at least 4 members (excludes halogenated alkanes) is 1. The van der Waals surface area contributed by atoms with Gasteiger partial charge in [0.1, 0.15) is 11.5 Å². The van der Waals surface area contributed by atoms with Crippen molar-refractivity contribution < 1.29 is 9.26 Å². The molecule has 2 aromatic carbocycles. The van der Waals surface area contributed by atoms with Crippen molar-refractivity contribution >= 4 is 16.4 Å². The van der Waals surface area contributed by atoms with Crippen molar-refractivity contribution in [2.75, 3.05) is 6.61 Å². The van der Waals surface area contributed by atoms with Crippen LogP contribution in [-0.4, -0.2) is 31.6 Å². The van der Waals surface area contributed by atoms with Gasteiger partial charge in [0, 0.05) is 16.3 Å². The summed E-state index contributed by atoms with van der Waals surface area (Å²) in [6, 6.07) is 17.9. The summed E-state index contributed by atoms with van der Waals surface area (Å²) in [6.07, 6.45) is 2.02. The number of aryl methyl sites for hydroxylation is 1. The molecule has 5 rings (SSSR count). The summed E-state index contributed by atoms with van der Waals surface area (Å²) in [7, 11) is 0. The Morgan fingerprint density at radius 1 is 0.967 bits per heavy atom. The van der Waals surface area contributed by atoms with Gasteiger partial charge in [-0.1, -0.05) is 67.0 Å². The number of rotatable bonds is 6. The second kappa shape index (κ2) is 7.59. The van der Waals surface area contributed by atoms with E-state index >= 15 is 0 Å². The van der Waals surface area contributed by atoms with E-state index in [0.29, 0.717) is 35.4 Å². The van der Waals surface area contributed by atoms with E-state index in [1.165, 1.54) is 0 Å². The zero-order chi connectivity index (χ0) is 20.5. The van der Waals surface area contributed by atoms with E-state index in [0.717, 1.165) is 34.7 Å². The predicted octanol–water partition coefficient (Wildman–Crippen LogP) is 5.09. The molecule has 0 aliphatic rings. The summed E-state index contributed by atoms with van der Waals surface area (Å²) >= 11 is 0. The highest BCUT2D eigenvalue weighted by Gasteiger charge is 2.23. The standard InChI is InChI=1S/C23H21N5O2/c1-3-4-14-29-23-18-13-9-8-12-17(18)21-24-25-22(28(21)26-23)19-15(2)30-27-20(19)16-10-6-5-7-11-16/h5-13H,3-4,14H2,1-2H3. The Morgan fingerprint density at radius 3 is 2.53 bits per heavy atom. The molecule has 0 aliphatic heterocycles. The van der Waals surface area contributed by atoms with Gasteiger partial charge in [0.05, 0.1) is 12.2 Å². The molecule has 0 unspecified atom stereocenters. The maximum absolute atomic E-state index is 6.03. The van der Waals surface area contributed by atoms with Crippen LogP contribution in [0, 0.1) is 6.92 Å². The van der Waals surface area contributed by atoms with Crippen LogP contribution < -0.4 is 4.74 Å². The van der Waals surface area contributed by atoms with Crippen LogP contribution in [0.25, 0.3) is 39.1 Å². The molecule has 0 N–H and O–H groups in total. The number of aromatic nitrogens is 5. The zero-order valence-corrected chi connectivity index (χ0v) is 16.9. The third kappa shape index (κ3) is 2.99. The first-order valence-corrected chi connectivity index (χ1v) is 10.1. The summed E-state index contributed by atoms with van der Waals surface area (Å²) in [4.78, 5) is 0. The molecule has 7 nitrogen and oxygen atoms in total. The van der Waals surface area contributed by atoms with E-state index in [-0.39, 0.29) is 0 Å². The monoisotopic (exact) mass is 399 g/mol. The number of benzene rings is 2. The summed E-state index contributed by atoms with van der Waals surface area (Å²) < 4.78 is 13.3. The maximum atomic E-state index is 6.03. The van der Waals surface area contributed by atoms with Crippen molar-refractivity contribution in [1.82, 2.24) is 25.0 Å². The van der Waals surface area contributed by atoms with E-state index in [1.807, 2.05) is 61.5 Å². The Balaban J connectivity index is 1.74. The van der Waals surface area contributed by atoms with Gasteiger partial charge in [0.15, 0.2) is 11.5 Å². The molecule has 0 spiro atoms. The summed E-state index contributed by atoms with van der Waals surface area (Å²) in [5, 5.41) is 19.8. The molecule has 3 aromatic heterocycles. The minimum atomic E-state index is 0.572. The average molecular weight is 399 g/mol. The maximum Gasteiger partial charge on any atom is 0.239 e. The summed E-state index contributed by atoms with van der Waals surface area (Å²) in [5.74, 6) is 1.81. The largest absolute Gasteiger partial charge is 0.476 e. The lowest BCUT2D eigenvalue weighted by molar-refractivity contribution is 0.297. The van der Waals surface area contributed by atoms with Crippen molar-refractivity contribution in [3.05, 3.63) is 60.4 Å². The Hall–Kier alpha value is -3.74. The van der Waals surface area contributed by atoms with Crippen LogP contribution in [0.15, 0.2) is 59.1 Å². The molecule has 5 aromatic rings. The van der Waals surface area contributed by atoms with Crippen LogP contribution in [0.5, 0.6) is 5.88 Å². The minimum absolute atomic E-state index is 0.572. The lowest BCUT2D eigenvalue weighted by Crippen LogP contribution is -2.04. The zero-order valence-electron chi connectivity index (χ0n) is 16.9. The summed E-state index contributed by atoms with van der Waals surface area (Å²) in [5.41, 5.74) is 3.10. The molecule has 7 heteroatoms. The SMILES string of the molecule is CCCCOc1nn2c(-c3c(-c4ccccc4)noc3C)nnc2c2ccccc12. The molecule has 0 saturated carbocycles. The number of nitrogens with zero attached hydrogens (tertiary/aromatic N) is 5. The van der Waals surface area contributed by atoms with Crippen molar-refractivity contribution in [3.63, 3.8) is 0 Å². The first kappa shape index (κ1) is 18.3. The minimum Gasteiger partial charge on any atom is -0.476 e. The van der Waals surface area contributed by atoms with Crippen LogP contribution >= 0.6 is 0 Å². The second-order valence-corrected chi connectivity index (χ2v) is 7.14. The van der Waals surface area contributed by atoms with Crippen molar-refractivity contribution in [2.45, 2.75) is 26.7 Å². The van der Waals surface area contributed by atoms with Gasteiger partial charge in [0.25, 0.3) is 0 Å². The Labute approximate surface area is 173 Å². The van der Waals surface area contributed by atoms with E-state index in [4.69, 9.17) is 14.4 Å². The fourth-order valence-corrected chi connectivity index (χ4v) is 3.56. The molecule has 0 bridgehead atoms. The molecule has 0 fully saturated rings. The number of ether oxygens (including phenoxy) is 1. The number of hydrogen-bond donors (Lipinski definition) is 0. The van der Waals surface area contributed by atoms with Crippen LogP contribution in [0.3, 0.4) is 0 Å². The first-order chi connectivity index (χ1) is 14.8. The summed E-state index contributed by atoms with van der Waals surface area (Å²) in [6.45, 7) is 4.61. The molecule has 30 heavy (non-hydrogen) atoms. The molecule has 150 valence electrons. The number of fused-ring (bicyclic) bond motifs is 3. The van der Waals surface area contributed by atoms with Gasteiger partial charge in [-0.3, -0.25) is 0 Å². The van der Waals surface area contributed by atoms with E-state index < -0.39 is 0 Å². The highest BCUT2D eigenvalue weighted by atomic mass is 16.5. The van der Waals surface area contributed by atoms with Crippen LogP contribution in [0.1, 0.15) is 25.5 Å². The smallest absolute Gasteiger partial charge is 0.239 e. The Kier molecular flexibility index (Phi) is 4.63. The van der Waals surface area contributed by atoms with Crippen molar-refractivity contribution in [3.8, 4) is 28.5 Å². The van der Waals surface area contributed by atoms with Gasteiger partial charge in [-0.15, -0.1) is 15.3 Å². The van der Waals surface area contributed by atoms with Gasteiger partial charge in [-0.05, 0) is 19.4 Å². The van der Waals surface area contributed by atoms with Gasteiger partial charge in [-0.2, -0.15) is 4.52 Å². The third-order valence-corrected chi connectivity index (χ3v) is 5.10. The Morgan fingerprint density at radius 2 is 1.73 bits per heavy atom. The quantitative estimate of drug-likeness (QED) is 0.370. The van der Waals surface area contributed by atoms with Crippen LogP contribution in [0.2, 0.25) is 0 Å². The van der Waals surface area contributed by atoms with Gasteiger partial charge < -0.3 is 9.26 Å². The molecule has 0 radical (unpaired) electrons. The van der Waals surface area contributed by atoms with E-state index in [1.54, 1.807) is 4.52 Å². The van der Waals surface area contributed by atoms with Gasteiger partial charge in [0.2, 0.25) is 5.88 Å². The fourth-order valence-electron chi connectivity index (χ4n) is 3.56. The van der Waals surface area contributed by atoms with Crippen LogP contribution in [0.4, 0.5) is 0 Å². The number of hydrogen-bond acceptors (Lipinski definition) is 6. The van der Waals surface area contributed by atoms with Gasteiger partial charge >= 0.3 is 0 Å². The molecule has 0 saturated heterocycles. The van der Waals surface area contributed by atoms with E-state index in [9.17, 15) is 0 Å². The topological polar surface area (TPSA) is 78.3 Å². The first-order valence-electron chi connectivity index (χ1n) is 10.1. The predicted molar refractivity (Wildman–Crippen MR) is 114 cm³/mol. The Bertz CT molecular complexity index is 1320. The molecule has 0 amide bonds. The van der Waals surface area contributed by atoms with E-state index in [2.05, 4.69) is 22.3 Å². The highest BCUT2D eigenvalue weighted by molar-refractivity contribution is 5.97. The third-order valence-electron chi connectivity index (χ3n) is 5.10. The van der Waals surface area contributed by atoms with Crippen molar-refractivity contribution in [2.24, 2.45) is 0 Å². The average Bonchev–Trinajstić information content (AvgIpc) is 3.37. The van der Waals surface area contributed by atoms with Crippen LogP contribution in [-0.2, 0) is 0 Å². The van der Waals surface area contributed by atoms with Gasteiger partial charge in [-0.25, -0.2) is 0 Å². The fraction of sp³-hybridized carbons (Fsp3) is 0.217. The molecular weight excluding hydrogens is 378 g/mol. The lowest BCUT2D eigenvalue weighted by Gasteiger charge is -2.09. The second-order valence-electron chi connectivity index (χ2n) is 7.14. The normalized spacial score (nSPS) is 11.4. The molecule has 0 aliphatic carbocycles. The molecule has 3 heterocycles. The molecular formula is C23H21N5O2. The highest BCUT2D eigenvalue weighted by Crippen LogP contribution is 2.35. The molecule has 0 atom stereocenters. The van der Waals surface area contributed by atoms with Crippen molar-refractivity contribution in [1.29, 1.82) is 0 Å².